The summed E-state index contributed by atoms with van der Waals surface area (Å²) in [7, 11) is 0. The maximum atomic E-state index is 12.7. The molecule has 168 valence electrons. The summed E-state index contributed by atoms with van der Waals surface area (Å²) in [4.78, 5) is 37.9. The fourth-order valence-electron chi connectivity index (χ4n) is 4.33. The van der Waals surface area contributed by atoms with Crippen molar-refractivity contribution in [2.75, 3.05) is 18.2 Å². The van der Waals surface area contributed by atoms with Crippen molar-refractivity contribution in [2.24, 2.45) is 0 Å². The van der Waals surface area contributed by atoms with Crippen molar-refractivity contribution in [3.8, 4) is 11.1 Å². The van der Waals surface area contributed by atoms with Gasteiger partial charge >= 0.3 is 12.1 Å². The van der Waals surface area contributed by atoms with E-state index in [4.69, 9.17) is 4.74 Å². The number of hydrogen-bond acceptors (Lipinski definition) is 5. The molecule has 2 aliphatic rings. The monoisotopic (exact) mass is 454 g/mol. The first-order valence-electron chi connectivity index (χ1n) is 10.5. The van der Waals surface area contributed by atoms with Gasteiger partial charge in [0.2, 0.25) is 5.91 Å². The van der Waals surface area contributed by atoms with Gasteiger partial charge in [-0.3, -0.25) is 4.79 Å². The molecule has 1 aliphatic heterocycles. The highest BCUT2D eigenvalue weighted by atomic mass is 32.2. The van der Waals surface area contributed by atoms with Crippen molar-refractivity contribution in [1.29, 1.82) is 0 Å². The van der Waals surface area contributed by atoms with Crippen molar-refractivity contribution in [3.63, 3.8) is 0 Å². The number of nitrogens with one attached hydrogen (secondary N) is 1. The van der Waals surface area contributed by atoms with Gasteiger partial charge in [0.15, 0.2) is 0 Å². The molecule has 1 saturated heterocycles. The zero-order valence-electron chi connectivity index (χ0n) is 18.0. The van der Waals surface area contributed by atoms with Crippen molar-refractivity contribution in [3.05, 3.63) is 59.7 Å². The van der Waals surface area contributed by atoms with E-state index in [0.717, 1.165) is 22.3 Å². The first-order chi connectivity index (χ1) is 15.3. The van der Waals surface area contributed by atoms with Crippen molar-refractivity contribution in [1.82, 2.24) is 10.2 Å². The molecule has 0 unspecified atom stereocenters. The average Bonchev–Trinajstić information content (AvgIpc) is 3.35. The van der Waals surface area contributed by atoms with Crippen molar-refractivity contribution >= 4 is 29.7 Å². The third-order valence-corrected chi connectivity index (χ3v) is 6.88. The molecule has 1 atom stereocenters. The Morgan fingerprint density at radius 2 is 1.69 bits per heavy atom. The van der Waals surface area contributed by atoms with E-state index in [1.54, 1.807) is 13.8 Å². The third kappa shape index (κ3) is 4.46. The maximum absolute atomic E-state index is 12.7. The van der Waals surface area contributed by atoms with Crippen LogP contribution in [0.3, 0.4) is 0 Å². The van der Waals surface area contributed by atoms with Crippen LogP contribution >= 0.6 is 11.8 Å². The Labute approximate surface area is 191 Å². The van der Waals surface area contributed by atoms with E-state index < -0.39 is 23.6 Å². The molecule has 4 rings (SSSR count). The number of carbonyl (C=O) groups excluding carboxylic acids is 2. The number of ether oxygens (including phenoxy) is 1. The van der Waals surface area contributed by atoms with E-state index >= 15 is 0 Å². The van der Waals surface area contributed by atoms with E-state index in [2.05, 4.69) is 29.6 Å². The van der Waals surface area contributed by atoms with Crippen LogP contribution in [0, 0.1) is 0 Å². The minimum absolute atomic E-state index is 0.0124. The Balaban J connectivity index is 1.37. The molecule has 0 aromatic heterocycles. The minimum Gasteiger partial charge on any atom is -0.480 e. The third-order valence-electron chi connectivity index (χ3n) is 5.87. The number of rotatable bonds is 6. The van der Waals surface area contributed by atoms with Crippen LogP contribution in [0.2, 0.25) is 0 Å². The molecule has 32 heavy (non-hydrogen) atoms. The van der Waals surface area contributed by atoms with Gasteiger partial charge in [0.25, 0.3) is 0 Å². The summed E-state index contributed by atoms with van der Waals surface area (Å²) in [5.41, 5.74) is 3.68. The fourth-order valence-corrected chi connectivity index (χ4v) is 5.50. The summed E-state index contributed by atoms with van der Waals surface area (Å²) in [6.45, 7) is 3.64. The summed E-state index contributed by atoms with van der Waals surface area (Å²) in [5, 5.41) is 12.1. The standard InChI is InChI=1S/C24H26N2O5S/c1-24(2,11-21(27)26-14-32-13-20(26)22(28)29)25-23(30)31-12-19-17-9-5-3-7-15(17)16-8-4-6-10-18(16)19/h3-10,19-20H,11-14H2,1-2H3,(H,25,30)(H,28,29)/t20-/m0/s1. The summed E-state index contributed by atoms with van der Waals surface area (Å²) in [5.74, 6) is -0.633. The number of benzene rings is 2. The topological polar surface area (TPSA) is 95.9 Å². The van der Waals surface area contributed by atoms with Gasteiger partial charge in [0.1, 0.15) is 12.6 Å². The van der Waals surface area contributed by atoms with Gasteiger partial charge in [-0.25, -0.2) is 9.59 Å². The Morgan fingerprint density at radius 1 is 1.09 bits per heavy atom. The number of hydrogen-bond donors (Lipinski definition) is 2. The molecule has 0 spiro atoms. The van der Waals surface area contributed by atoms with Crippen LogP contribution in [0.15, 0.2) is 48.5 Å². The lowest BCUT2D eigenvalue weighted by molar-refractivity contribution is -0.148. The molecule has 2 amide bonds. The highest BCUT2D eigenvalue weighted by molar-refractivity contribution is 7.99. The summed E-state index contributed by atoms with van der Waals surface area (Å²) < 4.78 is 5.57. The quantitative estimate of drug-likeness (QED) is 0.691. The summed E-state index contributed by atoms with van der Waals surface area (Å²) >= 11 is 1.41. The van der Waals surface area contributed by atoms with Crippen LogP contribution in [0.25, 0.3) is 11.1 Å². The van der Waals surface area contributed by atoms with Gasteiger partial charge in [0.05, 0.1) is 5.88 Å². The number of carboxylic acids is 1. The van der Waals surface area contributed by atoms with E-state index in [1.807, 2.05) is 24.3 Å². The van der Waals surface area contributed by atoms with E-state index in [1.165, 1.54) is 16.7 Å². The Morgan fingerprint density at radius 3 is 2.28 bits per heavy atom. The molecule has 0 bridgehead atoms. The predicted molar refractivity (Wildman–Crippen MR) is 122 cm³/mol. The molecule has 8 heteroatoms. The van der Waals surface area contributed by atoms with E-state index in [9.17, 15) is 19.5 Å². The minimum atomic E-state index is -1.01. The number of nitrogens with zero attached hydrogens (tertiary/aromatic N) is 1. The maximum Gasteiger partial charge on any atom is 0.407 e. The molecule has 1 aliphatic carbocycles. The second-order valence-corrected chi connectivity index (χ2v) is 9.73. The Hall–Kier alpha value is -3.00. The number of aliphatic carboxylic acids is 1. The van der Waals surface area contributed by atoms with Gasteiger partial charge in [0, 0.05) is 23.6 Å². The SMILES string of the molecule is CC(C)(CC(=O)N1CSC[C@H]1C(=O)O)NC(=O)OCC1c2ccccc2-c2ccccc21. The molecule has 0 radical (unpaired) electrons. The second kappa shape index (κ2) is 8.86. The lowest BCUT2D eigenvalue weighted by Gasteiger charge is -2.29. The van der Waals surface area contributed by atoms with E-state index in [0.29, 0.717) is 11.6 Å². The largest absolute Gasteiger partial charge is 0.480 e. The molecular formula is C24H26N2O5S. The van der Waals surface area contributed by atoms with Crippen LogP contribution in [-0.4, -0.2) is 57.8 Å². The predicted octanol–water partition coefficient (Wildman–Crippen LogP) is 3.68. The molecule has 0 saturated carbocycles. The average molecular weight is 455 g/mol. The number of carboxylic acid groups (broad SMARTS) is 1. The molecule has 2 aromatic rings. The number of amides is 2. The highest BCUT2D eigenvalue weighted by Crippen LogP contribution is 2.44. The number of fused-ring (bicyclic) bond motifs is 3. The van der Waals surface area contributed by atoms with Gasteiger partial charge in [-0.2, -0.15) is 0 Å². The molecule has 2 aromatic carbocycles. The van der Waals surface area contributed by atoms with Crippen LogP contribution in [0.1, 0.15) is 37.3 Å². The smallest absolute Gasteiger partial charge is 0.407 e. The van der Waals surface area contributed by atoms with Gasteiger partial charge in [-0.05, 0) is 36.1 Å². The van der Waals surface area contributed by atoms with Crippen LogP contribution in [0.4, 0.5) is 4.79 Å². The van der Waals surface area contributed by atoms with Crippen molar-refractivity contribution in [2.45, 2.75) is 37.8 Å². The first kappa shape index (κ1) is 22.2. The molecule has 1 fully saturated rings. The number of thioether (sulfide) groups is 1. The normalized spacial score (nSPS) is 17.6. The summed E-state index contributed by atoms with van der Waals surface area (Å²) in [6, 6.07) is 15.4. The van der Waals surface area contributed by atoms with Crippen LogP contribution in [-0.2, 0) is 14.3 Å². The molecular weight excluding hydrogens is 428 g/mol. The molecule has 1 heterocycles. The fraction of sp³-hybridized carbons (Fsp3) is 0.375. The van der Waals surface area contributed by atoms with Crippen LogP contribution in [0.5, 0.6) is 0 Å². The lowest BCUT2D eigenvalue weighted by Crippen LogP contribution is -2.50. The second-order valence-electron chi connectivity index (χ2n) is 8.73. The number of alkyl carbamates (subject to hydrolysis) is 1. The van der Waals surface area contributed by atoms with Gasteiger partial charge in [-0.15, -0.1) is 11.8 Å². The number of carbonyl (C=O) groups is 3. The Kier molecular flexibility index (Phi) is 6.15. The van der Waals surface area contributed by atoms with Gasteiger partial charge < -0.3 is 20.1 Å². The van der Waals surface area contributed by atoms with Gasteiger partial charge in [-0.1, -0.05) is 48.5 Å². The highest BCUT2D eigenvalue weighted by Gasteiger charge is 2.37. The zero-order chi connectivity index (χ0) is 22.9. The Bertz CT molecular complexity index is 1010. The van der Waals surface area contributed by atoms with Crippen molar-refractivity contribution < 1.29 is 24.2 Å². The lowest BCUT2D eigenvalue weighted by atomic mass is 9.98. The van der Waals surface area contributed by atoms with Crippen LogP contribution < -0.4 is 5.32 Å². The molecule has 2 N–H and O–H groups in total. The molecule has 7 nitrogen and oxygen atoms in total. The zero-order valence-corrected chi connectivity index (χ0v) is 18.9. The van der Waals surface area contributed by atoms with E-state index in [-0.39, 0.29) is 24.9 Å². The first-order valence-corrected chi connectivity index (χ1v) is 11.7. The summed E-state index contributed by atoms with van der Waals surface area (Å²) in [6.07, 6.45) is -0.614.